The molecule has 1 aliphatic rings. The lowest BCUT2D eigenvalue weighted by molar-refractivity contribution is 0.420. The SMILES string of the molecule is CN(CC1CC1)c1nc2sccn2c1CNC(C)(C)C. The van der Waals surface area contributed by atoms with Crippen molar-refractivity contribution in [1.29, 1.82) is 0 Å². The molecule has 2 heterocycles. The van der Waals surface area contributed by atoms with Crippen LogP contribution in [0.4, 0.5) is 5.82 Å². The van der Waals surface area contributed by atoms with Gasteiger partial charge in [-0.15, -0.1) is 11.3 Å². The zero-order valence-electron chi connectivity index (χ0n) is 12.8. The number of thiazole rings is 1. The van der Waals surface area contributed by atoms with Crippen molar-refractivity contribution in [2.45, 2.75) is 45.7 Å². The van der Waals surface area contributed by atoms with Crippen molar-refractivity contribution in [2.24, 2.45) is 5.92 Å². The normalized spacial score (nSPS) is 16.0. The average Bonchev–Trinajstić information content (AvgIpc) is 2.92. The number of hydrogen-bond acceptors (Lipinski definition) is 4. The molecule has 0 spiro atoms. The number of nitrogens with one attached hydrogen (secondary N) is 1. The van der Waals surface area contributed by atoms with E-state index >= 15 is 0 Å². The molecule has 4 nitrogen and oxygen atoms in total. The Morgan fingerprint density at radius 3 is 2.85 bits per heavy atom. The average molecular weight is 292 g/mol. The van der Waals surface area contributed by atoms with Gasteiger partial charge >= 0.3 is 0 Å². The van der Waals surface area contributed by atoms with Crippen LogP contribution < -0.4 is 10.2 Å². The number of fused-ring (bicyclic) bond motifs is 1. The number of hydrogen-bond donors (Lipinski definition) is 1. The van der Waals surface area contributed by atoms with Gasteiger partial charge in [-0.05, 0) is 39.5 Å². The highest BCUT2D eigenvalue weighted by molar-refractivity contribution is 7.15. The van der Waals surface area contributed by atoms with Gasteiger partial charge in [0.1, 0.15) is 0 Å². The first-order chi connectivity index (χ1) is 9.44. The lowest BCUT2D eigenvalue weighted by atomic mass is 10.1. The number of imidazole rings is 1. The Balaban J connectivity index is 1.87. The van der Waals surface area contributed by atoms with Gasteiger partial charge in [0.2, 0.25) is 0 Å². The molecule has 3 rings (SSSR count). The van der Waals surface area contributed by atoms with Gasteiger partial charge in [0.15, 0.2) is 10.8 Å². The zero-order valence-corrected chi connectivity index (χ0v) is 13.6. The second kappa shape index (κ2) is 5.04. The van der Waals surface area contributed by atoms with Crippen molar-refractivity contribution in [3.05, 3.63) is 17.3 Å². The molecule has 2 aromatic rings. The predicted molar refractivity (Wildman–Crippen MR) is 85.7 cm³/mol. The van der Waals surface area contributed by atoms with Crippen LogP contribution in [0.25, 0.3) is 4.96 Å². The summed E-state index contributed by atoms with van der Waals surface area (Å²) in [6, 6.07) is 0. The van der Waals surface area contributed by atoms with Gasteiger partial charge in [-0.3, -0.25) is 4.40 Å². The molecule has 0 bridgehead atoms. The number of nitrogens with zero attached hydrogens (tertiary/aromatic N) is 3. The lowest BCUT2D eigenvalue weighted by Crippen LogP contribution is -2.36. The minimum atomic E-state index is 0.118. The summed E-state index contributed by atoms with van der Waals surface area (Å²) in [5.74, 6) is 2.02. The summed E-state index contributed by atoms with van der Waals surface area (Å²) < 4.78 is 2.22. The maximum absolute atomic E-state index is 4.82. The van der Waals surface area contributed by atoms with E-state index < -0.39 is 0 Å². The summed E-state index contributed by atoms with van der Waals surface area (Å²) in [6.07, 6.45) is 4.88. The Hall–Kier alpha value is -1.07. The van der Waals surface area contributed by atoms with Crippen LogP contribution in [0.2, 0.25) is 0 Å². The van der Waals surface area contributed by atoms with Gasteiger partial charge in [0.25, 0.3) is 0 Å². The van der Waals surface area contributed by atoms with Gasteiger partial charge in [0, 0.05) is 37.3 Å². The van der Waals surface area contributed by atoms with E-state index in [4.69, 9.17) is 4.98 Å². The molecule has 0 radical (unpaired) electrons. The van der Waals surface area contributed by atoms with Crippen LogP contribution in [0.1, 0.15) is 39.3 Å². The van der Waals surface area contributed by atoms with Crippen LogP contribution in [0, 0.1) is 5.92 Å². The van der Waals surface area contributed by atoms with E-state index in [-0.39, 0.29) is 5.54 Å². The minimum absolute atomic E-state index is 0.118. The van der Waals surface area contributed by atoms with Gasteiger partial charge in [-0.25, -0.2) is 4.98 Å². The van der Waals surface area contributed by atoms with Crippen LogP contribution in [-0.2, 0) is 6.54 Å². The maximum Gasteiger partial charge on any atom is 0.195 e. The fraction of sp³-hybridized carbons (Fsp3) is 0.667. The summed E-state index contributed by atoms with van der Waals surface area (Å²) >= 11 is 1.70. The molecule has 2 aromatic heterocycles. The van der Waals surface area contributed by atoms with E-state index in [2.05, 4.69) is 54.0 Å². The van der Waals surface area contributed by atoms with Crippen molar-refractivity contribution in [2.75, 3.05) is 18.5 Å². The van der Waals surface area contributed by atoms with E-state index in [1.54, 1.807) is 11.3 Å². The Kier molecular flexibility index (Phi) is 3.50. The van der Waals surface area contributed by atoms with E-state index in [9.17, 15) is 0 Å². The smallest absolute Gasteiger partial charge is 0.195 e. The quantitative estimate of drug-likeness (QED) is 0.919. The molecule has 1 aliphatic carbocycles. The summed E-state index contributed by atoms with van der Waals surface area (Å²) in [7, 11) is 2.17. The Bertz CT molecular complexity index is 589. The van der Waals surface area contributed by atoms with Crippen LogP contribution in [0.3, 0.4) is 0 Å². The van der Waals surface area contributed by atoms with Crippen molar-refractivity contribution in [1.82, 2.24) is 14.7 Å². The highest BCUT2D eigenvalue weighted by atomic mass is 32.1. The topological polar surface area (TPSA) is 32.6 Å². The Morgan fingerprint density at radius 2 is 2.20 bits per heavy atom. The first-order valence-electron chi connectivity index (χ1n) is 7.34. The lowest BCUT2D eigenvalue weighted by Gasteiger charge is -2.23. The molecule has 0 unspecified atom stereocenters. The molecule has 5 heteroatoms. The molecule has 0 aromatic carbocycles. The van der Waals surface area contributed by atoms with E-state index in [0.717, 1.165) is 29.8 Å². The molecular weight excluding hydrogens is 268 g/mol. The number of aromatic nitrogens is 2. The molecule has 1 fully saturated rings. The van der Waals surface area contributed by atoms with Gasteiger partial charge in [-0.2, -0.15) is 0 Å². The summed E-state index contributed by atoms with van der Waals surface area (Å²) in [5, 5.41) is 5.69. The van der Waals surface area contributed by atoms with Crippen molar-refractivity contribution in [3.8, 4) is 0 Å². The largest absolute Gasteiger partial charge is 0.358 e. The second-order valence-corrected chi connectivity index (χ2v) is 7.74. The Morgan fingerprint density at radius 1 is 1.45 bits per heavy atom. The van der Waals surface area contributed by atoms with Crippen LogP contribution >= 0.6 is 11.3 Å². The fourth-order valence-electron chi connectivity index (χ4n) is 2.41. The highest BCUT2D eigenvalue weighted by Crippen LogP contribution is 2.32. The highest BCUT2D eigenvalue weighted by Gasteiger charge is 2.26. The summed E-state index contributed by atoms with van der Waals surface area (Å²) in [6.45, 7) is 8.59. The van der Waals surface area contributed by atoms with Crippen molar-refractivity contribution >= 4 is 22.1 Å². The predicted octanol–water partition coefficient (Wildman–Crippen LogP) is 3.13. The van der Waals surface area contributed by atoms with Gasteiger partial charge in [0.05, 0.1) is 5.69 Å². The number of rotatable bonds is 5. The summed E-state index contributed by atoms with van der Waals surface area (Å²) in [5.41, 5.74) is 1.39. The zero-order chi connectivity index (χ0) is 14.3. The molecule has 110 valence electrons. The van der Waals surface area contributed by atoms with Crippen LogP contribution in [0.15, 0.2) is 11.6 Å². The molecule has 1 saturated carbocycles. The molecule has 0 atom stereocenters. The third kappa shape index (κ3) is 2.99. The third-order valence-electron chi connectivity index (χ3n) is 3.72. The van der Waals surface area contributed by atoms with Gasteiger partial charge in [-0.1, -0.05) is 0 Å². The van der Waals surface area contributed by atoms with Gasteiger partial charge < -0.3 is 10.2 Å². The molecule has 0 amide bonds. The molecule has 0 aliphatic heterocycles. The first-order valence-corrected chi connectivity index (χ1v) is 8.22. The second-order valence-electron chi connectivity index (χ2n) is 6.87. The molecular formula is C15H24N4S. The number of anilines is 1. The van der Waals surface area contributed by atoms with E-state index in [0.29, 0.717) is 0 Å². The summed E-state index contributed by atoms with van der Waals surface area (Å²) in [4.78, 5) is 8.24. The standard InChI is InChI=1S/C15H24N4S/c1-15(2,3)16-9-12-13(18(4)10-11-5-6-11)17-14-19(12)7-8-20-14/h7-8,11,16H,5-6,9-10H2,1-4H3. The maximum atomic E-state index is 4.82. The van der Waals surface area contributed by atoms with E-state index in [1.807, 2.05) is 0 Å². The molecule has 20 heavy (non-hydrogen) atoms. The first kappa shape index (κ1) is 13.9. The third-order valence-corrected chi connectivity index (χ3v) is 4.47. The molecule has 1 N–H and O–H groups in total. The van der Waals surface area contributed by atoms with Crippen molar-refractivity contribution in [3.63, 3.8) is 0 Å². The monoisotopic (exact) mass is 292 g/mol. The van der Waals surface area contributed by atoms with Crippen LogP contribution in [0.5, 0.6) is 0 Å². The minimum Gasteiger partial charge on any atom is -0.358 e. The van der Waals surface area contributed by atoms with E-state index in [1.165, 1.54) is 18.5 Å². The van der Waals surface area contributed by atoms with Crippen molar-refractivity contribution < 1.29 is 0 Å². The van der Waals surface area contributed by atoms with Crippen LogP contribution in [-0.4, -0.2) is 28.5 Å². The molecule has 0 saturated heterocycles. The fourth-order valence-corrected chi connectivity index (χ4v) is 3.14. The Labute approximate surface area is 124 Å².